The van der Waals surface area contributed by atoms with Gasteiger partial charge >= 0.3 is 0 Å². The Balaban J connectivity index is 2.32. The number of hydrogen-bond donors (Lipinski definition) is 3. The summed E-state index contributed by atoms with van der Waals surface area (Å²) < 4.78 is 0. The minimum Gasteiger partial charge on any atom is -0.506 e. The van der Waals surface area contributed by atoms with E-state index in [1.807, 2.05) is 0 Å². The van der Waals surface area contributed by atoms with Gasteiger partial charge in [-0.3, -0.25) is 4.98 Å². The van der Waals surface area contributed by atoms with Crippen molar-refractivity contribution in [3.05, 3.63) is 24.0 Å². The number of pyridine rings is 1. The van der Waals surface area contributed by atoms with E-state index in [0.29, 0.717) is 11.3 Å². The van der Waals surface area contributed by atoms with Crippen molar-refractivity contribution in [3.63, 3.8) is 0 Å². The fraction of sp³-hybridized carbons (Fsp3) is 0.400. The van der Waals surface area contributed by atoms with Crippen LogP contribution in [0.5, 0.6) is 5.75 Å². The molecule has 0 radical (unpaired) electrons. The average molecular weight is 224 g/mol. The molecule has 6 nitrogen and oxygen atoms in total. The molecule has 2 unspecified atom stereocenters. The van der Waals surface area contributed by atoms with Crippen LogP contribution in [0.2, 0.25) is 0 Å². The van der Waals surface area contributed by atoms with Gasteiger partial charge in [-0.25, -0.2) is 0 Å². The van der Waals surface area contributed by atoms with Crippen molar-refractivity contribution in [1.29, 1.82) is 0 Å². The van der Waals surface area contributed by atoms with Gasteiger partial charge in [-0.05, 0) is 6.07 Å². The lowest BCUT2D eigenvalue weighted by Crippen LogP contribution is -2.30. The van der Waals surface area contributed by atoms with E-state index < -0.39 is 12.0 Å². The van der Waals surface area contributed by atoms with Gasteiger partial charge in [0, 0.05) is 11.8 Å². The highest BCUT2D eigenvalue weighted by atomic mass is 16.7. The molecule has 0 bridgehead atoms. The summed E-state index contributed by atoms with van der Waals surface area (Å²) in [4.78, 5) is 8.72. The van der Waals surface area contributed by atoms with E-state index in [0.717, 1.165) is 0 Å². The molecule has 2 rings (SSSR count). The summed E-state index contributed by atoms with van der Waals surface area (Å²) in [7, 11) is 0. The quantitative estimate of drug-likeness (QED) is 0.642. The van der Waals surface area contributed by atoms with E-state index in [1.54, 1.807) is 6.07 Å². The first-order valence-corrected chi connectivity index (χ1v) is 4.86. The van der Waals surface area contributed by atoms with Crippen molar-refractivity contribution in [2.75, 3.05) is 13.2 Å². The Morgan fingerprint density at radius 1 is 1.31 bits per heavy atom. The summed E-state index contributed by atoms with van der Waals surface area (Å²) in [6.07, 6.45) is 2.24. The first kappa shape index (κ1) is 10.8. The fourth-order valence-corrected chi connectivity index (χ4v) is 1.66. The average Bonchev–Trinajstić information content (AvgIpc) is 2.72. The molecule has 6 heteroatoms. The lowest BCUT2D eigenvalue weighted by Gasteiger charge is -2.14. The number of oxime groups is 1. The third-order valence-electron chi connectivity index (χ3n) is 2.54. The number of aromatic nitrogens is 1. The SMILES string of the molecule is OCC1ON=C(c2ccncc2O)C1CO. The van der Waals surface area contributed by atoms with Crippen LogP contribution in [0.3, 0.4) is 0 Å². The summed E-state index contributed by atoms with van der Waals surface area (Å²) >= 11 is 0. The van der Waals surface area contributed by atoms with Crippen LogP contribution in [-0.4, -0.2) is 45.3 Å². The highest BCUT2D eigenvalue weighted by Gasteiger charge is 2.35. The number of hydrogen-bond acceptors (Lipinski definition) is 6. The second-order valence-corrected chi connectivity index (χ2v) is 3.48. The lowest BCUT2D eigenvalue weighted by molar-refractivity contribution is 0.00650. The van der Waals surface area contributed by atoms with E-state index in [1.165, 1.54) is 12.4 Å². The first-order valence-electron chi connectivity index (χ1n) is 4.86. The van der Waals surface area contributed by atoms with Crippen LogP contribution >= 0.6 is 0 Å². The molecule has 86 valence electrons. The zero-order chi connectivity index (χ0) is 11.5. The van der Waals surface area contributed by atoms with Crippen molar-refractivity contribution in [2.45, 2.75) is 6.10 Å². The highest BCUT2D eigenvalue weighted by molar-refractivity contribution is 6.05. The minimum absolute atomic E-state index is 0.0260. The summed E-state index contributed by atoms with van der Waals surface area (Å²) in [6, 6.07) is 1.58. The second kappa shape index (κ2) is 4.46. The van der Waals surface area contributed by atoms with Crippen molar-refractivity contribution < 1.29 is 20.2 Å². The highest BCUT2D eigenvalue weighted by Crippen LogP contribution is 2.26. The van der Waals surface area contributed by atoms with Gasteiger partial charge in [0.15, 0.2) is 6.10 Å². The van der Waals surface area contributed by atoms with Gasteiger partial charge in [-0.15, -0.1) is 0 Å². The van der Waals surface area contributed by atoms with Gasteiger partial charge in [0.1, 0.15) is 11.5 Å². The summed E-state index contributed by atoms with van der Waals surface area (Å²) in [5.41, 5.74) is 0.895. The summed E-state index contributed by atoms with van der Waals surface area (Å²) in [5.74, 6) is -0.458. The van der Waals surface area contributed by atoms with Gasteiger partial charge in [0.05, 0.1) is 25.3 Å². The summed E-state index contributed by atoms with van der Waals surface area (Å²) in [6.45, 7) is -0.435. The Morgan fingerprint density at radius 3 is 2.75 bits per heavy atom. The molecule has 0 aliphatic carbocycles. The van der Waals surface area contributed by atoms with E-state index in [4.69, 9.17) is 9.94 Å². The predicted octanol–water partition coefficient (Wildman–Crippen LogP) is -0.509. The predicted molar refractivity (Wildman–Crippen MR) is 55.0 cm³/mol. The largest absolute Gasteiger partial charge is 0.506 e. The van der Waals surface area contributed by atoms with Crippen LogP contribution in [0.4, 0.5) is 0 Å². The van der Waals surface area contributed by atoms with Crippen LogP contribution in [-0.2, 0) is 4.84 Å². The van der Waals surface area contributed by atoms with Crippen molar-refractivity contribution in [2.24, 2.45) is 11.1 Å². The maximum Gasteiger partial charge on any atom is 0.161 e. The van der Waals surface area contributed by atoms with Gasteiger partial charge in [0.25, 0.3) is 0 Å². The zero-order valence-electron chi connectivity index (χ0n) is 8.45. The molecule has 2 atom stereocenters. The molecule has 0 saturated heterocycles. The van der Waals surface area contributed by atoms with Crippen LogP contribution in [0.15, 0.2) is 23.6 Å². The molecule has 0 saturated carbocycles. The number of aromatic hydroxyl groups is 1. The monoisotopic (exact) mass is 224 g/mol. The van der Waals surface area contributed by atoms with Crippen LogP contribution < -0.4 is 0 Å². The van der Waals surface area contributed by atoms with Crippen LogP contribution in [0.1, 0.15) is 5.56 Å². The number of rotatable bonds is 3. The molecule has 0 aromatic carbocycles. The molecule has 1 aromatic rings. The Morgan fingerprint density at radius 2 is 2.12 bits per heavy atom. The van der Waals surface area contributed by atoms with Crippen molar-refractivity contribution in [3.8, 4) is 5.75 Å². The molecule has 1 aliphatic rings. The molecule has 0 spiro atoms. The first-order chi connectivity index (χ1) is 7.77. The zero-order valence-corrected chi connectivity index (χ0v) is 8.45. The Hall–Kier alpha value is -1.66. The standard InChI is InChI=1S/C10H12N2O4/c13-4-7-9(5-14)16-12-10(7)6-1-2-11-3-8(6)15/h1-3,7,9,13-15H,4-5H2. The molecule has 0 amide bonds. The molecular formula is C10H12N2O4. The molecule has 3 N–H and O–H groups in total. The Labute approximate surface area is 91.8 Å². The number of nitrogens with zero attached hydrogens (tertiary/aromatic N) is 2. The van der Waals surface area contributed by atoms with Gasteiger partial charge < -0.3 is 20.2 Å². The maximum atomic E-state index is 9.60. The van der Waals surface area contributed by atoms with Crippen molar-refractivity contribution >= 4 is 5.71 Å². The Bertz CT molecular complexity index is 408. The third kappa shape index (κ3) is 1.72. The minimum atomic E-state index is -0.562. The van der Waals surface area contributed by atoms with E-state index in [9.17, 15) is 10.2 Å². The molecule has 1 aliphatic heterocycles. The summed E-state index contributed by atoms with van der Waals surface area (Å²) in [5, 5.41) is 31.6. The van der Waals surface area contributed by atoms with E-state index in [2.05, 4.69) is 10.1 Å². The molecular weight excluding hydrogens is 212 g/mol. The van der Waals surface area contributed by atoms with E-state index >= 15 is 0 Å². The lowest BCUT2D eigenvalue weighted by atomic mass is 9.93. The van der Waals surface area contributed by atoms with Crippen LogP contribution in [0.25, 0.3) is 0 Å². The molecule has 1 aromatic heterocycles. The third-order valence-corrected chi connectivity index (χ3v) is 2.54. The van der Waals surface area contributed by atoms with Gasteiger partial charge in [0.2, 0.25) is 0 Å². The normalized spacial score (nSPS) is 24.0. The smallest absolute Gasteiger partial charge is 0.161 e. The van der Waals surface area contributed by atoms with E-state index in [-0.39, 0.29) is 19.0 Å². The number of aliphatic hydroxyl groups is 2. The van der Waals surface area contributed by atoms with Crippen molar-refractivity contribution in [1.82, 2.24) is 4.98 Å². The second-order valence-electron chi connectivity index (χ2n) is 3.48. The molecule has 0 fully saturated rings. The molecule has 16 heavy (non-hydrogen) atoms. The topological polar surface area (TPSA) is 95.2 Å². The Kier molecular flexibility index (Phi) is 3.02. The fourth-order valence-electron chi connectivity index (χ4n) is 1.66. The van der Waals surface area contributed by atoms with Gasteiger partial charge in [-0.1, -0.05) is 5.16 Å². The number of aliphatic hydroxyl groups excluding tert-OH is 2. The maximum absolute atomic E-state index is 9.60. The van der Waals surface area contributed by atoms with Crippen LogP contribution in [0, 0.1) is 5.92 Å². The van der Waals surface area contributed by atoms with Gasteiger partial charge in [-0.2, -0.15) is 0 Å². The molecule has 2 heterocycles.